The summed E-state index contributed by atoms with van der Waals surface area (Å²) in [6.07, 6.45) is 2.21. The molecule has 0 N–H and O–H groups in total. The second kappa shape index (κ2) is 10.2. The van der Waals surface area contributed by atoms with Crippen molar-refractivity contribution >= 4 is 46.1 Å². The average molecular weight is 535 g/mol. The normalized spacial score (nSPS) is 20.4. The van der Waals surface area contributed by atoms with E-state index in [0.29, 0.717) is 11.1 Å². The summed E-state index contributed by atoms with van der Waals surface area (Å²) in [5.41, 5.74) is 0.839. The number of fused-ring (bicyclic) bond motifs is 1. The third-order valence-electron chi connectivity index (χ3n) is 5.60. The predicted molar refractivity (Wildman–Crippen MR) is 128 cm³/mol. The van der Waals surface area contributed by atoms with Gasteiger partial charge in [-0.05, 0) is 17.7 Å². The third-order valence-corrected chi connectivity index (χ3v) is 8.73. The summed E-state index contributed by atoms with van der Waals surface area (Å²) < 4.78 is 25.4. The highest BCUT2D eigenvalue weighted by Crippen LogP contribution is 2.54. The van der Waals surface area contributed by atoms with Gasteiger partial charge < -0.3 is 9.47 Å². The van der Waals surface area contributed by atoms with E-state index in [1.807, 2.05) is 0 Å². The van der Waals surface area contributed by atoms with Crippen molar-refractivity contribution in [2.24, 2.45) is 13.0 Å². The van der Waals surface area contributed by atoms with Gasteiger partial charge >= 0.3 is 11.9 Å². The predicted octanol–water partition coefficient (Wildman–Crippen LogP) is 2.14. The first kappa shape index (κ1) is 25.6. The summed E-state index contributed by atoms with van der Waals surface area (Å²) in [7, 11) is 0.135. The Morgan fingerprint density at radius 1 is 1.31 bits per heavy atom. The Balaban J connectivity index is 1.56. The minimum atomic E-state index is -1.56. The molecule has 4 atom stereocenters. The summed E-state index contributed by atoms with van der Waals surface area (Å²) in [5, 5.41) is 14.3. The minimum absolute atomic E-state index is 0.0962. The molecule has 0 spiro atoms. The first-order chi connectivity index (χ1) is 17.1. The maximum atomic E-state index is 13.3. The van der Waals surface area contributed by atoms with Crippen molar-refractivity contribution in [3.63, 3.8) is 0 Å². The average Bonchev–Trinajstić information content (AvgIpc) is 3.43. The van der Waals surface area contributed by atoms with Crippen LogP contribution in [0.1, 0.15) is 31.1 Å². The van der Waals surface area contributed by atoms with E-state index in [4.69, 9.17) is 9.47 Å². The van der Waals surface area contributed by atoms with Gasteiger partial charge in [-0.3, -0.25) is 33.5 Å². The van der Waals surface area contributed by atoms with Gasteiger partial charge in [-0.15, -0.1) is 0 Å². The van der Waals surface area contributed by atoms with E-state index >= 15 is 0 Å². The molecule has 0 radical (unpaired) electrons. The number of thioether (sulfide) groups is 1. The van der Waals surface area contributed by atoms with Crippen LogP contribution >= 0.6 is 11.8 Å². The minimum Gasteiger partial charge on any atom is -0.457 e. The Morgan fingerprint density at radius 2 is 2.00 bits per heavy atom. The smallest absolute Gasteiger partial charge is 0.357 e. The largest absolute Gasteiger partial charge is 0.457 e. The number of esters is 2. The molecule has 3 heterocycles. The van der Waals surface area contributed by atoms with Crippen LogP contribution in [0.4, 0.5) is 5.69 Å². The van der Waals surface area contributed by atoms with Gasteiger partial charge in [0.1, 0.15) is 28.2 Å². The number of aryl methyl sites for hydroxylation is 1. The molecule has 2 aliphatic heterocycles. The Labute approximate surface area is 212 Å². The molecule has 0 bridgehead atoms. The van der Waals surface area contributed by atoms with E-state index in [2.05, 4.69) is 5.10 Å². The van der Waals surface area contributed by atoms with Crippen molar-refractivity contribution in [2.75, 3.05) is 5.75 Å². The van der Waals surface area contributed by atoms with Gasteiger partial charge in [-0.1, -0.05) is 18.7 Å². The lowest BCUT2D eigenvalue weighted by atomic mass is 9.88. The number of hydrogen-bond donors (Lipinski definition) is 0. The quantitative estimate of drug-likeness (QED) is 0.202. The molecule has 1 fully saturated rings. The number of rotatable bonds is 9. The van der Waals surface area contributed by atoms with Gasteiger partial charge in [-0.25, -0.2) is 4.79 Å². The number of amides is 1. The van der Waals surface area contributed by atoms with Crippen LogP contribution in [0.15, 0.2) is 46.6 Å². The van der Waals surface area contributed by atoms with Crippen molar-refractivity contribution in [1.82, 2.24) is 14.7 Å². The number of carbonyl (C=O) groups is 3. The molecule has 0 aliphatic carbocycles. The van der Waals surface area contributed by atoms with E-state index in [1.54, 1.807) is 20.2 Å². The second-order valence-electron chi connectivity index (χ2n) is 7.99. The van der Waals surface area contributed by atoms with E-state index in [1.165, 1.54) is 47.0 Å². The molecule has 1 amide bonds. The van der Waals surface area contributed by atoms with Crippen molar-refractivity contribution in [3.8, 4) is 0 Å². The molecule has 4 rings (SSSR count). The highest BCUT2D eigenvalue weighted by molar-refractivity contribution is 8.17. The Morgan fingerprint density at radius 3 is 2.56 bits per heavy atom. The summed E-state index contributed by atoms with van der Waals surface area (Å²) >= 11 is 1.12. The SMILES string of the molecule is CCS(=O)C1=C(C(=O)OCc2ccc([N+](=O)[O-])cc2)N2C(=O)C(C(OC(C)=O)c3cnn(C)c3)[C@H]2S1. The molecule has 12 nitrogen and oxygen atoms in total. The summed E-state index contributed by atoms with van der Waals surface area (Å²) in [4.78, 5) is 49.7. The number of nitro groups is 1. The van der Waals surface area contributed by atoms with Gasteiger partial charge in [0.05, 0.1) is 21.9 Å². The lowest BCUT2D eigenvalue weighted by molar-refractivity contribution is -0.384. The second-order valence-corrected chi connectivity index (χ2v) is 11.1. The number of benzene rings is 1. The highest BCUT2D eigenvalue weighted by atomic mass is 32.2. The van der Waals surface area contributed by atoms with E-state index in [0.717, 1.165) is 11.8 Å². The zero-order valence-corrected chi connectivity index (χ0v) is 21.1. The van der Waals surface area contributed by atoms with Crippen molar-refractivity contribution in [2.45, 2.75) is 31.9 Å². The van der Waals surface area contributed by atoms with Gasteiger partial charge in [0.25, 0.3) is 5.69 Å². The van der Waals surface area contributed by atoms with E-state index in [9.17, 15) is 28.7 Å². The van der Waals surface area contributed by atoms with Crippen LogP contribution in [-0.4, -0.2) is 52.8 Å². The maximum absolute atomic E-state index is 13.3. The lowest BCUT2D eigenvalue weighted by Crippen LogP contribution is -2.59. The van der Waals surface area contributed by atoms with E-state index < -0.39 is 51.0 Å². The number of ether oxygens (including phenoxy) is 2. The molecule has 2 aliphatic rings. The standard InChI is InChI=1S/C22H22N4O8S2/c1-4-36(32)22-17(21(29)33-11-13-5-7-15(8-6-13)26(30)31)25-19(28)16(20(25)35-22)18(34-12(2)27)14-9-23-24(3)10-14/h5-10,16,18,20H,4,11H2,1-3H3/t16?,18?,20-,36?/m1/s1. The van der Waals surface area contributed by atoms with Crippen LogP contribution in [0.5, 0.6) is 0 Å². The molecule has 190 valence electrons. The van der Waals surface area contributed by atoms with Gasteiger partial charge in [-0.2, -0.15) is 5.10 Å². The molecule has 14 heteroatoms. The number of nitrogens with zero attached hydrogens (tertiary/aromatic N) is 4. The molecule has 1 aromatic carbocycles. The number of hydrogen-bond acceptors (Lipinski definition) is 10. The highest BCUT2D eigenvalue weighted by Gasteiger charge is 2.61. The fraction of sp³-hybridized carbons (Fsp3) is 0.364. The molecule has 2 aromatic rings. The number of nitro benzene ring substituents is 1. The fourth-order valence-electron chi connectivity index (χ4n) is 3.91. The van der Waals surface area contributed by atoms with Crippen LogP contribution < -0.4 is 0 Å². The molecule has 36 heavy (non-hydrogen) atoms. The fourth-order valence-corrected chi connectivity index (χ4v) is 6.88. The summed E-state index contributed by atoms with van der Waals surface area (Å²) in [6.45, 7) is 2.73. The van der Waals surface area contributed by atoms with Gasteiger partial charge in [0.2, 0.25) is 5.91 Å². The van der Waals surface area contributed by atoms with Crippen LogP contribution in [-0.2, 0) is 48.3 Å². The first-order valence-corrected chi connectivity index (χ1v) is 13.0. The number of non-ortho nitro benzene ring substituents is 1. The van der Waals surface area contributed by atoms with Crippen LogP contribution in [0.2, 0.25) is 0 Å². The molecule has 0 saturated carbocycles. The summed E-state index contributed by atoms with van der Waals surface area (Å²) in [5.74, 6) is -2.47. The Bertz CT molecular complexity index is 1290. The number of carbonyl (C=O) groups excluding carboxylic acids is 3. The Kier molecular flexibility index (Phi) is 7.26. The molecular weight excluding hydrogens is 512 g/mol. The van der Waals surface area contributed by atoms with Crippen LogP contribution in [0.25, 0.3) is 0 Å². The monoisotopic (exact) mass is 534 g/mol. The van der Waals surface area contributed by atoms with Gasteiger partial charge in [0.15, 0.2) is 5.70 Å². The van der Waals surface area contributed by atoms with Crippen LogP contribution in [0, 0.1) is 16.0 Å². The lowest BCUT2D eigenvalue weighted by Gasteiger charge is -2.45. The van der Waals surface area contributed by atoms with Gasteiger partial charge in [0, 0.05) is 43.6 Å². The molecular formula is C22H22N4O8S2. The number of aromatic nitrogens is 2. The molecule has 1 aromatic heterocycles. The Hall–Kier alpha value is -3.52. The number of β-lactam (4-membered cyclic amide) rings is 1. The van der Waals surface area contributed by atoms with Crippen molar-refractivity contribution in [3.05, 3.63) is 67.8 Å². The third kappa shape index (κ3) is 4.78. The zero-order chi connectivity index (χ0) is 26.1. The van der Waals surface area contributed by atoms with Crippen molar-refractivity contribution < 1.29 is 33.0 Å². The van der Waals surface area contributed by atoms with Crippen LogP contribution in [0.3, 0.4) is 0 Å². The molecule has 3 unspecified atom stereocenters. The topological polar surface area (TPSA) is 151 Å². The van der Waals surface area contributed by atoms with E-state index in [-0.39, 0.29) is 28.0 Å². The van der Waals surface area contributed by atoms with Crippen molar-refractivity contribution in [1.29, 1.82) is 0 Å². The maximum Gasteiger partial charge on any atom is 0.357 e. The molecule has 1 saturated heterocycles. The summed E-state index contributed by atoms with van der Waals surface area (Å²) in [6, 6.07) is 5.50. The first-order valence-electron chi connectivity index (χ1n) is 10.8. The zero-order valence-electron chi connectivity index (χ0n) is 19.5.